The molecule has 1 atom stereocenters. The molecule has 2 aromatic rings. The third kappa shape index (κ3) is 2.69. The zero-order chi connectivity index (χ0) is 14.1. The van der Waals surface area contributed by atoms with Gasteiger partial charge in [0.2, 0.25) is 10.1 Å². The molecule has 1 aliphatic rings. The van der Waals surface area contributed by atoms with Crippen LogP contribution >= 0.6 is 11.3 Å². The molecule has 0 amide bonds. The van der Waals surface area contributed by atoms with Crippen molar-refractivity contribution in [2.75, 3.05) is 38.6 Å². The zero-order valence-electron chi connectivity index (χ0n) is 11.8. The second-order valence-corrected chi connectivity index (χ2v) is 6.45. The number of rotatable bonds is 3. The number of aromatic nitrogens is 3. The average molecular weight is 293 g/mol. The summed E-state index contributed by atoms with van der Waals surface area (Å²) in [5, 5.41) is 5.22. The molecule has 3 rings (SSSR count). The summed E-state index contributed by atoms with van der Waals surface area (Å²) < 4.78 is 1.38. The van der Waals surface area contributed by atoms with Gasteiger partial charge in [-0.25, -0.2) is 4.98 Å². The highest BCUT2D eigenvalue weighted by Gasteiger charge is 2.20. The van der Waals surface area contributed by atoms with Crippen molar-refractivity contribution >= 4 is 21.4 Å². The van der Waals surface area contributed by atoms with Crippen molar-refractivity contribution in [1.29, 1.82) is 0 Å². The Labute approximate surface area is 121 Å². The lowest BCUT2D eigenvalue weighted by molar-refractivity contribution is 0.213. The van der Waals surface area contributed by atoms with E-state index in [9.17, 15) is 4.79 Å². The lowest BCUT2D eigenvalue weighted by Gasteiger charge is -2.32. The Morgan fingerprint density at radius 2 is 2.40 bits per heavy atom. The molecule has 0 bridgehead atoms. The molecular weight excluding hydrogens is 274 g/mol. The second-order valence-electron chi connectivity index (χ2n) is 5.51. The van der Waals surface area contributed by atoms with Crippen LogP contribution in [0.4, 0.5) is 5.13 Å². The molecule has 6 nitrogen and oxygen atoms in total. The van der Waals surface area contributed by atoms with Gasteiger partial charge in [-0.2, -0.15) is 4.52 Å². The van der Waals surface area contributed by atoms with E-state index in [-0.39, 0.29) is 5.56 Å². The van der Waals surface area contributed by atoms with Crippen molar-refractivity contribution in [2.24, 2.45) is 5.92 Å². The van der Waals surface area contributed by atoms with Gasteiger partial charge < -0.3 is 9.80 Å². The van der Waals surface area contributed by atoms with E-state index in [1.807, 2.05) is 7.05 Å². The highest BCUT2D eigenvalue weighted by Crippen LogP contribution is 2.23. The first-order valence-electron chi connectivity index (χ1n) is 6.88. The van der Waals surface area contributed by atoms with E-state index in [4.69, 9.17) is 0 Å². The summed E-state index contributed by atoms with van der Waals surface area (Å²) in [6, 6.07) is 1.44. The van der Waals surface area contributed by atoms with Crippen molar-refractivity contribution in [2.45, 2.75) is 12.8 Å². The van der Waals surface area contributed by atoms with Crippen LogP contribution in [-0.4, -0.2) is 53.2 Å². The van der Waals surface area contributed by atoms with E-state index in [2.05, 4.69) is 26.9 Å². The number of anilines is 1. The first kappa shape index (κ1) is 13.5. The standard InChI is InChI=1S/C13H19N5OS/c1-16-7-3-4-10(8-16)9-17(2)13-15-18-11(19)5-6-14-12(18)20-13/h5-6,10H,3-4,7-9H2,1-2H3. The smallest absolute Gasteiger partial charge is 0.275 e. The highest BCUT2D eigenvalue weighted by atomic mass is 32.1. The van der Waals surface area contributed by atoms with Crippen LogP contribution in [0.2, 0.25) is 0 Å². The molecule has 0 saturated carbocycles. The Morgan fingerprint density at radius 1 is 1.55 bits per heavy atom. The average Bonchev–Trinajstić information content (AvgIpc) is 2.84. The quantitative estimate of drug-likeness (QED) is 0.842. The van der Waals surface area contributed by atoms with Gasteiger partial charge in [0.25, 0.3) is 5.56 Å². The van der Waals surface area contributed by atoms with Gasteiger partial charge in [0.15, 0.2) is 0 Å². The molecular formula is C13H19N5OS. The fourth-order valence-corrected chi connectivity index (χ4v) is 3.62. The van der Waals surface area contributed by atoms with E-state index < -0.39 is 0 Å². The fraction of sp³-hybridized carbons (Fsp3) is 0.615. The summed E-state index contributed by atoms with van der Waals surface area (Å²) in [4.78, 5) is 21.1. The number of fused-ring (bicyclic) bond motifs is 1. The minimum atomic E-state index is -0.122. The highest BCUT2D eigenvalue weighted by molar-refractivity contribution is 7.20. The minimum Gasteiger partial charge on any atom is -0.349 e. The summed E-state index contributed by atoms with van der Waals surface area (Å²) in [5.74, 6) is 0.662. The van der Waals surface area contributed by atoms with Gasteiger partial charge in [-0.1, -0.05) is 11.3 Å². The number of likely N-dealkylation sites (tertiary alicyclic amines) is 1. The first-order chi connectivity index (χ1) is 9.63. The maximum absolute atomic E-state index is 11.7. The van der Waals surface area contributed by atoms with Gasteiger partial charge in [0.1, 0.15) is 0 Å². The Kier molecular flexibility index (Phi) is 3.71. The third-order valence-corrected chi connectivity index (χ3v) is 4.78. The molecule has 20 heavy (non-hydrogen) atoms. The molecule has 0 aromatic carbocycles. The van der Waals surface area contributed by atoms with Gasteiger partial charge in [0.05, 0.1) is 0 Å². The fourth-order valence-electron chi connectivity index (χ4n) is 2.78. The van der Waals surface area contributed by atoms with Crippen LogP contribution in [-0.2, 0) is 0 Å². The summed E-state index contributed by atoms with van der Waals surface area (Å²) in [7, 11) is 4.21. The predicted molar refractivity (Wildman–Crippen MR) is 80.6 cm³/mol. The van der Waals surface area contributed by atoms with E-state index in [0.29, 0.717) is 10.9 Å². The first-order valence-corrected chi connectivity index (χ1v) is 7.69. The number of hydrogen-bond donors (Lipinski definition) is 0. The molecule has 7 heteroatoms. The van der Waals surface area contributed by atoms with Crippen molar-refractivity contribution < 1.29 is 0 Å². The van der Waals surface area contributed by atoms with Gasteiger partial charge in [-0.05, 0) is 32.4 Å². The molecule has 0 N–H and O–H groups in total. The Hall–Kier alpha value is -1.47. The normalized spacial score (nSPS) is 20.4. The Morgan fingerprint density at radius 3 is 3.15 bits per heavy atom. The number of piperidine rings is 1. The van der Waals surface area contributed by atoms with Crippen molar-refractivity contribution in [3.63, 3.8) is 0 Å². The van der Waals surface area contributed by atoms with Crippen molar-refractivity contribution in [3.8, 4) is 0 Å². The molecule has 1 unspecified atom stereocenters. The molecule has 3 heterocycles. The van der Waals surface area contributed by atoms with Crippen molar-refractivity contribution in [1.82, 2.24) is 19.5 Å². The summed E-state index contributed by atoms with van der Waals surface area (Å²) in [6.45, 7) is 3.30. The van der Waals surface area contributed by atoms with Crippen LogP contribution in [0.1, 0.15) is 12.8 Å². The van der Waals surface area contributed by atoms with Crippen LogP contribution in [0, 0.1) is 5.92 Å². The monoisotopic (exact) mass is 293 g/mol. The van der Waals surface area contributed by atoms with Crippen LogP contribution in [0.15, 0.2) is 17.1 Å². The lowest BCUT2D eigenvalue weighted by atomic mass is 9.98. The maximum Gasteiger partial charge on any atom is 0.275 e. The second kappa shape index (κ2) is 5.49. The molecule has 0 radical (unpaired) electrons. The molecule has 2 aromatic heterocycles. The van der Waals surface area contributed by atoms with Crippen LogP contribution < -0.4 is 10.5 Å². The van der Waals surface area contributed by atoms with E-state index in [1.165, 1.54) is 47.5 Å². The maximum atomic E-state index is 11.7. The topological polar surface area (TPSA) is 53.7 Å². The SMILES string of the molecule is CN1CCCC(CN(C)c2nn3c(=O)ccnc3s2)C1. The van der Waals surface area contributed by atoms with Gasteiger partial charge in [-0.15, -0.1) is 5.10 Å². The van der Waals surface area contributed by atoms with E-state index in [1.54, 1.807) is 0 Å². The third-order valence-electron chi connectivity index (χ3n) is 3.74. The summed E-state index contributed by atoms with van der Waals surface area (Å²) in [5.41, 5.74) is -0.122. The Bertz CT molecular complexity index is 651. The Balaban J connectivity index is 1.76. The van der Waals surface area contributed by atoms with Crippen LogP contribution in [0.5, 0.6) is 0 Å². The summed E-state index contributed by atoms with van der Waals surface area (Å²) >= 11 is 1.46. The minimum absolute atomic E-state index is 0.122. The lowest BCUT2D eigenvalue weighted by Crippen LogP contribution is -2.38. The van der Waals surface area contributed by atoms with Gasteiger partial charge in [0, 0.05) is 32.4 Å². The van der Waals surface area contributed by atoms with Gasteiger partial charge >= 0.3 is 0 Å². The van der Waals surface area contributed by atoms with E-state index >= 15 is 0 Å². The van der Waals surface area contributed by atoms with E-state index in [0.717, 1.165) is 18.2 Å². The molecule has 1 aliphatic heterocycles. The van der Waals surface area contributed by atoms with Crippen LogP contribution in [0.3, 0.4) is 0 Å². The van der Waals surface area contributed by atoms with Crippen LogP contribution in [0.25, 0.3) is 4.96 Å². The van der Waals surface area contributed by atoms with Crippen molar-refractivity contribution in [3.05, 3.63) is 22.6 Å². The molecule has 1 saturated heterocycles. The molecule has 0 aliphatic carbocycles. The van der Waals surface area contributed by atoms with Gasteiger partial charge in [-0.3, -0.25) is 4.79 Å². The molecule has 1 fully saturated rings. The number of nitrogens with zero attached hydrogens (tertiary/aromatic N) is 5. The molecule has 108 valence electrons. The largest absolute Gasteiger partial charge is 0.349 e. The molecule has 0 spiro atoms. The predicted octanol–water partition coefficient (Wildman–Crippen LogP) is 0.929. The number of hydrogen-bond acceptors (Lipinski definition) is 6. The summed E-state index contributed by atoms with van der Waals surface area (Å²) in [6.07, 6.45) is 4.06. The zero-order valence-corrected chi connectivity index (χ0v) is 12.6.